The van der Waals surface area contributed by atoms with Crippen LogP contribution in [0, 0.1) is 6.92 Å². The van der Waals surface area contributed by atoms with E-state index >= 15 is 0 Å². The summed E-state index contributed by atoms with van der Waals surface area (Å²) in [5.74, 6) is 0.891. The summed E-state index contributed by atoms with van der Waals surface area (Å²) in [5.41, 5.74) is 2.79. The van der Waals surface area contributed by atoms with Gasteiger partial charge in [0.25, 0.3) is 0 Å². The molecule has 0 fully saturated rings. The number of thioether (sulfide) groups is 1. The highest BCUT2D eigenvalue weighted by Gasteiger charge is 2.06. The highest BCUT2D eigenvalue weighted by atomic mass is 35.5. The Bertz CT molecular complexity index is 830. The molecule has 3 nitrogen and oxygen atoms in total. The highest BCUT2D eigenvalue weighted by molar-refractivity contribution is 8.01. The van der Waals surface area contributed by atoms with Crippen LogP contribution in [0.3, 0.4) is 0 Å². The summed E-state index contributed by atoms with van der Waals surface area (Å²) in [6.07, 6.45) is 1.30. The van der Waals surface area contributed by atoms with E-state index in [1.54, 1.807) is 29.2 Å². The molecule has 0 saturated heterocycles. The largest absolute Gasteiger partial charge is 0.326 e. The Morgan fingerprint density at radius 1 is 1.29 bits per heavy atom. The zero-order chi connectivity index (χ0) is 16.9. The molecule has 0 spiro atoms. The van der Waals surface area contributed by atoms with Crippen LogP contribution in [0.4, 0.5) is 5.69 Å². The van der Waals surface area contributed by atoms with Crippen molar-refractivity contribution in [1.82, 2.24) is 4.98 Å². The van der Waals surface area contributed by atoms with E-state index < -0.39 is 0 Å². The Balaban J connectivity index is 1.44. The Hall–Kier alpha value is -1.56. The first-order chi connectivity index (χ1) is 11.6. The summed E-state index contributed by atoms with van der Waals surface area (Å²) in [6, 6.07) is 13.7. The molecule has 0 aliphatic rings. The van der Waals surface area contributed by atoms with Crippen molar-refractivity contribution in [3.05, 3.63) is 53.1 Å². The molecule has 2 aromatic carbocycles. The number of benzene rings is 2. The van der Waals surface area contributed by atoms with Gasteiger partial charge in [-0.25, -0.2) is 4.98 Å². The van der Waals surface area contributed by atoms with Gasteiger partial charge in [0.1, 0.15) is 0 Å². The number of carbonyl (C=O) groups is 1. The summed E-state index contributed by atoms with van der Waals surface area (Å²) < 4.78 is 2.26. The minimum Gasteiger partial charge on any atom is -0.326 e. The number of nitrogens with zero attached hydrogens (tertiary/aromatic N) is 1. The minimum absolute atomic E-state index is 0.0137. The molecule has 0 bridgehead atoms. The van der Waals surface area contributed by atoms with Crippen molar-refractivity contribution in [2.24, 2.45) is 0 Å². The molecular formula is C18H17ClN2OS2. The smallest absolute Gasteiger partial charge is 0.224 e. The van der Waals surface area contributed by atoms with Crippen LogP contribution in [0.5, 0.6) is 0 Å². The molecule has 1 amide bonds. The van der Waals surface area contributed by atoms with Gasteiger partial charge in [-0.1, -0.05) is 41.6 Å². The average molecular weight is 377 g/mol. The number of fused-ring (bicyclic) bond motifs is 1. The second-order valence-corrected chi connectivity index (χ2v) is 8.19. The molecule has 0 aliphatic heterocycles. The molecule has 1 N–H and O–H groups in total. The van der Waals surface area contributed by atoms with Crippen molar-refractivity contribution >= 4 is 56.5 Å². The molecular weight excluding hydrogens is 360 g/mol. The number of aromatic nitrogens is 1. The first-order valence-corrected chi connectivity index (χ1v) is 9.84. The standard InChI is InChI=1S/C18H17ClN2OS2/c1-12-8-9-13(11-14(12)19)20-17(22)7-4-10-23-18-21-15-5-2-3-6-16(15)24-18/h2-3,5-6,8-9,11H,4,7,10H2,1H3,(H,20,22). The van der Waals surface area contributed by atoms with Crippen LogP contribution in [0.2, 0.25) is 5.02 Å². The van der Waals surface area contributed by atoms with E-state index in [4.69, 9.17) is 11.6 Å². The number of rotatable bonds is 6. The number of hydrogen-bond acceptors (Lipinski definition) is 4. The van der Waals surface area contributed by atoms with Gasteiger partial charge in [-0.15, -0.1) is 11.3 Å². The summed E-state index contributed by atoms with van der Waals surface area (Å²) in [4.78, 5) is 16.6. The minimum atomic E-state index is 0.0137. The zero-order valence-corrected chi connectivity index (χ0v) is 15.6. The van der Waals surface area contributed by atoms with E-state index in [1.807, 2.05) is 37.3 Å². The maximum absolute atomic E-state index is 12.0. The monoisotopic (exact) mass is 376 g/mol. The topological polar surface area (TPSA) is 42.0 Å². The predicted octanol–water partition coefficient (Wildman–Crippen LogP) is 5.77. The average Bonchev–Trinajstić information content (AvgIpc) is 2.98. The third-order valence-electron chi connectivity index (χ3n) is 3.50. The third kappa shape index (κ3) is 4.50. The fourth-order valence-corrected chi connectivity index (χ4v) is 4.46. The number of thiazole rings is 1. The van der Waals surface area contributed by atoms with E-state index in [2.05, 4.69) is 16.4 Å². The molecule has 1 heterocycles. The molecule has 0 unspecified atom stereocenters. The van der Waals surface area contributed by atoms with Crippen molar-refractivity contribution < 1.29 is 4.79 Å². The van der Waals surface area contributed by atoms with Crippen LogP contribution in [-0.4, -0.2) is 16.6 Å². The Morgan fingerprint density at radius 2 is 2.12 bits per heavy atom. The molecule has 0 saturated carbocycles. The quantitative estimate of drug-likeness (QED) is 0.438. The molecule has 3 aromatic rings. The van der Waals surface area contributed by atoms with Gasteiger partial charge in [-0.3, -0.25) is 4.79 Å². The van der Waals surface area contributed by atoms with E-state index in [-0.39, 0.29) is 5.91 Å². The van der Waals surface area contributed by atoms with Crippen molar-refractivity contribution in [3.8, 4) is 0 Å². The van der Waals surface area contributed by atoms with Crippen LogP contribution in [0.25, 0.3) is 10.2 Å². The summed E-state index contributed by atoms with van der Waals surface area (Å²) >= 11 is 9.47. The van der Waals surface area contributed by atoms with Crippen molar-refractivity contribution in [3.63, 3.8) is 0 Å². The van der Waals surface area contributed by atoms with Crippen LogP contribution in [0.1, 0.15) is 18.4 Å². The number of carbonyl (C=O) groups excluding carboxylic acids is 1. The number of hydrogen-bond donors (Lipinski definition) is 1. The van der Waals surface area contributed by atoms with Crippen molar-refractivity contribution in [2.45, 2.75) is 24.1 Å². The van der Waals surface area contributed by atoms with Gasteiger partial charge in [-0.2, -0.15) is 0 Å². The zero-order valence-electron chi connectivity index (χ0n) is 13.2. The number of aryl methyl sites for hydroxylation is 1. The van der Waals surface area contributed by atoms with Gasteiger partial charge in [0.15, 0.2) is 4.34 Å². The summed E-state index contributed by atoms with van der Waals surface area (Å²) in [6.45, 7) is 1.94. The second-order valence-electron chi connectivity index (χ2n) is 5.41. The number of anilines is 1. The molecule has 0 atom stereocenters. The maximum atomic E-state index is 12.0. The second kappa shape index (κ2) is 8.01. The van der Waals surface area contributed by atoms with Crippen LogP contribution < -0.4 is 5.32 Å². The number of para-hydroxylation sites is 1. The molecule has 0 radical (unpaired) electrons. The summed E-state index contributed by atoms with van der Waals surface area (Å²) in [5, 5.41) is 3.55. The number of nitrogens with one attached hydrogen (secondary N) is 1. The van der Waals surface area contributed by atoms with E-state index in [1.165, 1.54) is 4.70 Å². The lowest BCUT2D eigenvalue weighted by molar-refractivity contribution is -0.116. The lowest BCUT2D eigenvalue weighted by atomic mass is 10.2. The van der Waals surface area contributed by atoms with E-state index in [9.17, 15) is 4.79 Å². The fraction of sp³-hybridized carbons (Fsp3) is 0.222. The van der Waals surface area contributed by atoms with Gasteiger partial charge in [0.2, 0.25) is 5.91 Å². The van der Waals surface area contributed by atoms with Crippen molar-refractivity contribution in [2.75, 3.05) is 11.1 Å². The molecule has 6 heteroatoms. The first-order valence-electron chi connectivity index (χ1n) is 7.66. The first kappa shape index (κ1) is 17.3. The van der Waals surface area contributed by atoms with Gasteiger partial charge in [0.05, 0.1) is 10.2 Å². The van der Waals surface area contributed by atoms with E-state index in [0.29, 0.717) is 11.4 Å². The summed E-state index contributed by atoms with van der Waals surface area (Å²) in [7, 11) is 0. The van der Waals surface area contributed by atoms with Crippen LogP contribution in [-0.2, 0) is 4.79 Å². The number of halogens is 1. The molecule has 0 aliphatic carbocycles. The maximum Gasteiger partial charge on any atom is 0.224 e. The SMILES string of the molecule is Cc1ccc(NC(=O)CCCSc2nc3ccccc3s2)cc1Cl. The van der Waals surface area contributed by atoms with Crippen LogP contribution >= 0.6 is 34.7 Å². The molecule has 3 rings (SSSR count). The van der Waals surface area contributed by atoms with Gasteiger partial charge >= 0.3 is 0 Å². The third-order valence-corrected chi connectivity index (χ3v) is 6.18. The molecule has 124 valence electrons. The van der Waals surface area contributed by atoms with Crippen molar-refractivity contribution in [1.29, 1.82) is 0 Å². The Morgan fingerprint density at radius 3 is 2.92 bits per heavy atom. The van der Waals surface area contributed by atoms with Gasteiger partial charge < -0.3 is 5.32 Å². The lowest BCUT2D eigenvalue weighted by Crippen LogP contribution is -2.11. The fourth-order valence-electron chi connectivity index (χ4n) is 2.20. The Kier molecular flexibility index (Phi) is 5.76. The predicted molar refractivity (Wildman–Crippen MR) is 104 cm³/mol. The molecule has 24 heavy (non-hydrogen) atoms. The molecule has 1 aromatic heterocycles. The van der Waals surface area contributed by atoms with Gasteiger partial charge in [0, 0.05) is 22.9 Å². The van der Waals surface area contributed by atoms with E-state index in [0.717, 1.165) is 33.3 Å². The number of amides is 1. The lowest BCUT2D eigenvalue weighted by Gasteiger charge is -2.06. The highest BCUT2D eigenvalue weighted by Crippen LogP contribution is 2.29. The normalized spacial score (nSPS) is 10.9. The Labute approximate surface area is 154 Å². The van der Waals surface area contributed by atoms with Crippen LogP contribution in [0.15, 0.2) is 46.8 Å². The van der Waals surface area contributed by atoms with Gasteiger partial charge in [-0.05, 0) is 43.2 Å².